The Morgan fingerprint density at radius 3 is 2.52 bits per heavy atom. The van der Waals surface area contributed by atoms with Crippen LogP contribution in [0.4, 0.5) is 0 Å². The lowest BCUT2D eigenvalue weighted by Crippen LogP contribution is -2.44. The number of hydrogen-bond acceptors (Lipinski definition) is 6. The Morgan fingerprint density at radius 2 is 1.87 bits per heavy atom. The van der Waals surface area contributed by atoms with Gasteiger partial charge in [0, 0.05) is 5.56 Å². The predicted octanol–water partition coefficient (Wildman–Crippen LogP) is 5.10. The number of nitrogens with zero attached hydrogens (tertiary/aromatic N) is 1. The quantitative estimate of drug-likeness (QED) is 0.404. The topological polar surface area (TPSA) is 67.9 Å². The van der Waals surface area contributed by atoms with E-state index in [1.54, 1.807) is 24.3 Å². The molecule has 0 aromatic heterocycles. The SMILES string of the molecule is CCOc1cc(/C=C2\SC(=S)N(NC(=O)c3ccc(C)cc3)C2=O)cc(Br)c1OCC. The molecule has 9 heteroatoms. The summed E-state index contributed by atoms with van der Waals surface area (Å²) in [5.41, 5.74) is 4.81. The van der Waals surface area contributed by atoms with E-state index >= 15 is 0 Å². The third-order valence-electron chi connectivity index (χ3n) is 4.24. The maximum absolute atomic E-state index is 12.9. The van der Waals surface area contributed by atoms with Crippen molar-refractivity contribution >= 4 is 62.1 Å². The fourth-order valence-electron chi connectivity index (χ4n) is 2.81. The van der Waals surface area contributed by atoms with Gasteiger partial charge < -0.3 is 9.47 Å². The van der Waals surface area contributed by atoms with Crippen molar-refractivity contribution in [2.75, 3.05) is 13.2 Å². The number of thioether (sulfide) groups is 1. The molecule has 2 aromatic rings. The van der Waals surface area contributed by atoms with Crippen LogP contribution < -0.4 is 14.9 Å². The van der Waals surface area contributed by atoms with Crippen LogP contribution >= 0.6 is 39.9 Å². The Labute approximate surface area is 199 Å². The monoisotopic (exact) mass is 520 g/mol. The van der Waals surface area contributed by atoms with Crippen molar-refractivity contribution in [1.82, 2.24) is 10.4 Å². The number of hydrogen-bond donors (Lipinski definition) is 1. The second kappa shape index (κ2) is 10.3. The lowest BCUT2D eigenvalue weighted by atomic mass is 10.1. The molecule has 162 valence electrons. The number of thiocarbonyl (C=S) groups is 1. The standard InChI is InChI=1S/C22H21BrN2O4S2/c1-4-28-17-11-14(10-16(23)19(17)29-5-2)12-18-21(27)25(22(30)31-18)24-20(26)15-8-6-13(3)7-9-15/h6-12H,4-5H2,1-3H3,(H,24,26)/b18-12-. The highest BCUT2D eigenvalue weighted by Crippen LogP contribution is 2.39. The van der Waals surface area contributed by atoms with Gasteiger partial charge in [-0.15, -0.1) is 0 Å². The summed E-state index contributed by atoms with van der Waals surface area (Å²) in [6, 6.07) is 10.7. The van der Waals surface area contributed by atoms with Crippen molar-refractivity contribution in [3.05, 3.63) is 62.5 Å². The Balaban J connectivity index is 1.82. The average molecular weight is 521 g/mol. The third-order valence-corrected chi connectivity index (χ3v) is 6.13. The number of nitrogens with one attached hydrogen (secondary N) is 1. The summed E-state index contributed by atoms with van der Waals surface area (Å²) in [4.78, 5) is 25.8. The molecule has 3 rings (SSSR count). The van der Waals surface area contributed by atoms with Crippen LogP contribution in [0.15, 0.2) is 45.8 Å². The smallest absolute Gasteiger partial charge is 0.285 e. The highest BCUT2D eigenvalue weighted by molar-refractivity contribution is 9.10. The second-order valence-electron chi connectivity index (χ2n) is 6.52. The maximum atomic E-state index is 12.9. The van der Waals surface area contributed by atoms with Crippen LogP contribution in [0.1, 0.15) is 35.3 Å². The van der Waals surface area contributed by atoms with E-state index in [4.69, 9.17) is 21.7 Å². The molecule has 6 nitrogen and oxygen atoms in total. The molecule has 1 N–H and O–H groups in total. The Hall–Kier alpha value is -2.36. The van der Waals surface area contributed by atoms with Crippen LogP contribution in [0.3, 0.4) is 0 Å². The van der Waals surface area contributed by atoms with Crippen LogP contribution in [0.2, 0.25) is 0 Å². The summed E-state index contributed by atoms with van der Waals surface area (Å²) in [7, 11) is 0. The predicted molar refractivity (Wildman–Crippen MR) is 130 cm³/mol. The Kier molecular flexibility index (Phi) is 7.74. The van der Waals surface area contributed by atoms with E-state index in [2.05, 4.69) is 21.4 Å². The zero-order chi connectivity index (χ0) is 22.5. The first-order valence-electron chi connectivity index (χ1n) is 9.58. The molecule has 1 saturated heterocycles. The highest BCUT2D eigenvalue weighted by Gasteiger charge is 2.34. The number of amides is 2. The van der Waals surface area contributed by atoms with E-state index in [1.807, 2.05) is 39.0 Å². The first kappa shape index (κ1) is 23.3. The molecular formula is C22H21BrN2O4S2. The van der Waals surface area contributed by atoms with Crippen LogP contribution in [0, 0.1) is 6.92 Å². The van der Waals surface area contributed by atoms with Crippen molar-refractivity contribution in [1.29, 1.82) is 0 Å². The molecule has 1 aliphatic heterocycles. The van der Waals surface area contributed by atoms with Gasteiger partial charge in [-0.3, -0.25) is 15.0 Å². The minimum atomic E-state index is -0.403. The zero-order valence-electron chi connectivity index (χ0n) is 17.2. The van der Waals surface area contributed by atoms with Crippen molar-refractivity contribution < 1.29 is 19.1 Å². The molecule has 1 fully saturated rings. The van der Waals surface area contributed by atoms with E-state index in [1.165, 1.54) is 0 Å². The molecule has 1 aliphatic rings. The van der Waals surface area contributed by atoms with E-state index in [9.17, 15) is 9.59 Å². The van der Waals surface area contributed by atoms with E-state index < -0.39 is 11.8 Å². The second-order valence-corrected chi connectivity index (χ2v) is 9.05. The van der Waals surface area contributed by atoms with Gasteiger partial charge in [-0.05, 0) is 84.8 Å². The number of carbonyl (C=O) groups excluding carboxylic acids is 2. The van der Waals surface area contributed by atoms with Crippen molar-refractivity contribution in [2.45, 2.75) is 20.8 Å². The number of rotatable bonds is 7. The lowest BCUT2D eigenvalue weighted by molar-refractivity contribution is -0.123. The van der Waals surface area contributed by atoms with Crippen LogP contribution in [0.5, 0.6) is 11.5 Å². The van der Waals surface area contributed by atoms with Crippen molar-refractivity contribution in [3.63, 3.8) is 0 Å². The molecular weight excluding hydrogens is 500 g/mol. The number of aryl methyl sites for hydroxylation is 1. The van der Waals surface area contributed by atoms with Gasteiger partial charge in [0.05, 0.1) is 22.6 Å². The van der Waals surface area contributed by atoms with Gasteiger partial charge in [-0.1, -0.05) is 29.5 Å². The number of hydrazine groups is 1. The number of ether oxygens (including phenoxy) is 2. The fourth-order valence-corrected chi connectivity index (χ4v) is 4.56. The molecule has 31 heavy (non-hydrogen) atoms. The van der Waals surface area contributed by atoms with Gasteiger partial charge in [0.25, 0.3) is 11.8 Å². The first-order chi connectivity index (χ1) is 14.8. The molecule has 0 aliphatic carbocycles. The molecule has 0 saturated carbocycles. The average Bonchev–Trinajstić information content (AvgIpc) is 2.98. The number of carbonyl (C=O) groups is 2. The normalized spacial score (nSPS) is 14.8. The van der Waals surface area contributed by atoms with Gasteiger partial charge in [-0.25, -0.2) is 0 Å². The zero-order valence-corrected chi connectivity index (χ0v) is 20.4. The summed E-state index contributed by atoms with van der Waals surface area (Å²) in [6.07, 6.45) is 1.71. The lowest BCUT2D eigenvalue weighted by Gasteiger charge is -2.15. The minimum absolute atomic E-state index is 0.256. The van der Waals surface area contributed by atoms with E-state index in [-0.39, 0.29) is 4.32 Å². The Bertz CT molecular complexity index is 1050. The van der Waals surface area contributed by atoms with Gasteiger partial charge >= 0.3 is 0 Å². The molecule has 2 aromatic carbocycles. The summed E-state index contributed by atoms with van der Waals surface area (Å²) in [5.74, 6) is 0.394. The number of benzene rings is 2. The molecule has 0 spiro atoms. The number of halogens is 1. The fraction of sp³-hybridized carbons (Fsp3) is 0.227. The summed E-state index contributed by atoms with van der Waals surface area (Å²) < 4.78 is 12.3. The van der Waals surface area contributed by atoms with Crippen LogP contribution in [-0.2, 0) is 4.79 Å². The van der Waals surface area contributed by atoms with Gasteiger partial charge in [-0.2, -0.15) is 5.01 Å². The molecule has 1 heterocycles. The van der Waals surface area contributed by atoms with Crippen molar-refractivity contribution in [3.8, 4) is 11.5 Å². The summed E-state index contributed by atoms with van der Waals surface area (Å²) >= 11 is 9.93. The molecule has 2 amide bonds. The third kappa shape index (κ3) is 5.47. The van der Waals surface area contributed by atoms with Gasteiger partial charge in [0.2, 0.25) is 0 Å². The summed E-state index contributed by atoms with van der Waals surface area (Å²) in [6.45, 7) is 6.69. The summed E-state index contributed by atoms with van der Waals surface area (Å²) in [5, 5.41) is 1.10. The molecule has 0 bridgehead atoms. The largest absolute Gasteiger partial charge is 0.490 e. The van der Waals surface area contributed by atoms with Crippen LogP contribution in [-0.4, -0.2) is 34.4 Å². The van der Waals surface area contributed by atoms with Crippen LogP contribution in [0.25, 0.3) is 6.08 Å². The molecule has 0 atom stereocenters. The first-order valence-corrected chi connectivity index (χ1v) is 11.6. The maximum Gasteiger partial charge on any atom is 0.285 e. The van der Waals surface area contributed by atoms with Gasteiger partial charge in [0.1, 0.15) is 0 Å². The van der Waals surface area contributed by atoms with Crippen molar-refractivity contribution in [2.24, 2.45) is 0 Å². The highest BCUT2D eigenvalue weighted by atomic mass is 79.9. The van der Waals surface area contributed by atoms with E-state index in [0.29, 0.717) is 35.2 Å². The van der Waals surface area contributed by atoms with Gasteiger partial charge in [0.15, 0.2) is 15.8 Å². The minimum Gasteiger partial charge on any atom is -0.490 e. The Morgan fingerprint density at radius 1 is 1.19 bits per heavy atom. The van der Waals surface area contributed by atoms with E-state index in [0.717, 1.165) is 32.4 Å². The molecule has 0 unspecified atom stereocenters. The molecule has 0 radical (unpaired) electrons.